The summed E-state index contributed by atoms with van der Waals surface area (Å²) in [5.74, 6) is 1.92. The zero-order valence-electron chi connectivity index (χ0n) is 18.7. The third-order valence-electron chi connectivity index (χ3n) is 5.12. The van der Waals surface area contributed by atoms with E-state index in [0.29, 0.717) is 30.5 Å². The quantitative estimate of drug-likeness (QED) is 0.396. The van der Waals surface area contributed by atoms with Gasteiger partial charge in [-0.1, -0.05) is 11.8 Å². The van der Waals surface area contributed by atoms with E-state index in [-0.39, 0.29) is 12.0 Å². The highest BCUT2D eigenvalue weighted by atomic mass is 32.2. The van der Waals surface area contributed by atoms with Gasteiger partial charge in [0.2, 0.25) is 5.91 Å². The van der Waals surface area contributed by atoms with Crippen molar-refractivity contribution in [2.45, 2.75) is 37.4 Å². The molecule has 1 atom stereocenters. The van der Waals surface area contributed by atoms with Gasteiger partial charge in [-0.15, -0.1) is 21.5 Å². The fourth-order valence-electron chi connectivity index (χ4n) is 3.37. The Morgan fingerprint density at radius 3 is 2.94 bits per heavy atom. The van der Waals surface area contributed by atoms with E-state index in [1.807, 2.05) is 48.2 Å². The summed E-state index contributed by atoms with van der Waals surface area (Å²) in [6, 6.07) is 7.80. The van der Waals surface area contributed by atoms with Crippen LogP contribution in [0.5, 0.6) is 5.75 Å². The van der Waals surface area contributed by atoms with Crippen LogP contribution in [0.1, 0.15) is 31.3 Å². The first-order valence-corrected chi connectivity index (χ1v) is 12.8. The minimum atomic E-state index is -0.0236. The van der Waals surface area contributed by atoms with Gasteiger partial charge in [0.1, 0.15) is 11.6 Å². The topological polar surface area (TPSA) is 103 Å². The molecule has 0 spiro atoms. The maximum atomic E-state index is 12.1. The van der Waals surface area contributed by atoms with E-state index in [2.05, 4.69) is 25.8 Å². The maximum absolute atomic E-state index is 12.1. The summed E-state index contributed by atoms with van der Waals surface area (Å²) in [5, 5.41) is 18.3. The zero-order valence-corrected chi connectivity index (χ0v) is 20.4. The van der Waals surface area contributed by atoms with Gasteiger partial charge in [-0.3, -0.25) is 4.79 Å². The summed E-state index contributed by atoms with van der Waals surface area (Å²) in [6.45, 7) is 3.97. The normalized spacial score (nSPS) is 15.5. The van der Waals surface area contributed by atoms with Crippen molar-refractivity contribution in [1.29, 1.82) is 0 Å². The lowest BCUT2D eigenvalue weighted by molar-refractivity contribution is -0.119. The van der Waals surface area contributed by atoms with Crippen molar-refractivity contribution >= 4 is 39.8 Å². The number of amides is 1. The largest absolute Gasteiger partial charge is 0.494 e. The summed E-state index contributed by atoms with van der Waals surface area (Å²) in [4.78, 5) is 16.8. The standard InChI is InChI=1S/C22H28N6O3S2/c1-3-30-17-8-6-15(7-9-17)24-21-25-16(13-32-21)11-19-26-27-22(28(19)2)33-14-20(29)23-12-18-5-4-10-31-18/h6-9,13,18H,3-5,10-12,14H2,1-2H3,(H,23,29)(H,24,25)/t18-/m0/s1. The maximum Gasteiger partial charge on any atom is 0.230 e. The first-order chi connectivity index (χ1) is 16.1. The van der Waals surface area contributed by atoms with Crippen LogP contribution in [0.4, 0.5) is 10.8 Å². The number of thioether (sulfide) groups is 1. The van der Waals surface area contributed by atoms with Crippen LogP contribution in [0.15, 0.2) is 34.8 Å². The predicted octanol–water partition coefficient (Wildman–Crippen LogP) is 3.39. The van der Waals surface area contributed by atoms with E-state index in [9.17, 15) is 4.79 Å². The molecule has 4 rings (SSSR count). The predicted molar refractivity (Wildman–Crippen MR) is 130 cm³/mol. The van der Waals surface area contributed by atoms with Crippen LogP contribution in [0.2, 0.25) is 0 Å². The van der Waals surface area contributed by atoms with Gasteiger partial charge in [0.05, 0.1) is 30.6 Å². The van der Waals surface area contributed by atoms with Gasteiger partial charge >= 0.3 is 0 Å². The van der Waals surface area contributed by atoms with E-state index in [1.54, 1.807) is 11.3 Å². The molecule has 1 aliphatic heterocycles. The molecule has 2 aromatic heterocycles. The number of aromatic nitrogens is 4. The Morgan fingerprint density at radius 2 is 2.18 bits per heavy atom. The number of nitrogens with one attached hydrogen (secondary N) is 2. The lowest BCUT2D eigenvalue weighted by Gasteiger charge is -2.10. The van der Waals surface area contributed by atoms with Crippen LogP contribution >= 0.6 is 23.1 Å². The van der Waals surface area contributed by atoms with Crippen LogP contribution < -0.4 is 15.4 Å². The molecule has 9 nitrogen and oxygen atoms in total. The minimum absolute atomic E-state index is 0.0236. The molecule has 0 aliphatic carbocycles. The molecular formula is C22H28N6O3S2. The molecule has 176 valence electrons. The van der Waals surface area contributed by atoms with Gasteiger partial charge in [0.15, 0.2) is 10.3 Å². The third kappa shape index (κ3) is 6.68. The molecule has 1 aliphatic rings. The number of thiazole rings is 1. The summed E-state index contributed by atoms with van der Waals surface area (Å²) >= 11 is 2.92. The molecule has 1 saturated heterocycles. The minimum Gasteiger partial charge on any atom is -0.494 e. The van der Waals surface area contributed by atoms with Gasteiger partial charge in [-0.2, -0.15) is 0 Å². The molecule has 11 heteroatoms. The first kappa shape index (κ1) is 23.5. The van der Waals surface area contributed by atoms with E-state index >= 15 is 0 Å². The second-order valence-corrected chi connectivity index (χ2v) is 9.39. The number of carbonyl (C=O) groups excluding carboxylic acids is 1. The molecular weight excluding hydrogens is 460 g/mol. The summed E-state index contributed by atoms with van der Waals surface area (Å²) < 4.78 is 12.9. The van der Waals surface area contributed by atoms with Crippen molar-refractivity contribution in [2.24, 2.45) is 7.05 Å². The van der Waals surface area contributed by atoms with Crippen LogP contribution in [-0.4, -0.2) is 57.3 Å². The fourth-order valence-corrected chi connectivity index (χ4v) is 4.86. The van der Waals surface area contributed by atoms with Crippen molar-refractivity contribution in [3.63, 3.8) is 0 Å². The van der Waals surface area contributed by atoms with Crippen molar-refractivity contribution in [3.8, 4) is 5.75 Å². The molecule has 1 amide bonds. The van der Waals surface area contributed by atoms with Crippen LogP contribution in [0.3, 0.4) is 0 Å². The van der Waals surface area contributed by atoms with Crippen molar-refractivity contribution in [1.82, 2.24) is 25.1 Å². The molecule has 3 aromatic rings. The molecule has 0 unspecified atom stereocenters. The number of ether oxygens (including phenoxy) is 2. The molecule has 0 saturated carbocycles. The van der Waals surface area contributed by atoms with E-state index < -0.39 is 0 Å². The lowest BCUT2D eigenvalue weighted by Crippen LogP contribution is -2.32. The number of carbonyl (C=O) groups is 1. The zero-order chi connectivity index (χ0) is 23.0. The number of nitrogens with zero attached hydrogens (tertiary/aromatic N) is 4. The average Bonchev–Trinajstić information content (AvgIpc) is 3.56. The average molecular weight is 489 g/mol. The molecule has 1 fully saturated rings. The SMILES string of the molecule is CCOc1ccc(Nc2nc(Cc3nnc(SCC(=O)NC[C@@H]4CCCO4)n3C)cs2)cc1. The van der Waals surface area contributed by atoms with E-state index in [4.69, 9.17) is 9.47 Å². The Balaban J connectivity index is 1.26. The highest BCUT2D eigenvalue weighted by molar-refractivity contribution is 7.99. The van der Waals surface area contributed by atoms with Crippen molar-refractivity contribution in [3.05, 3.63) is 41.2 Å². The third-order valence-corrected chi connectivity index (χ3v) is 6.94. The molecule has 33 heavy (non-hydrogen) atoms. The molecule has 3 heterocycles. The Morgan fingerprint density at radius 1 is 1.33 bits per heavy atom. The van der Waals surface area contributed by atoms with Gasteiger partial charge in [-0.05, 0) is 44.0 Å². The summed E-state index contributed by atoms with van der Waals surface area (Å²) in [6.07, 6.45) is 2.78. The Bertz CT molecular complexity index is 1050. The lowest BCUT2D eigenvalue weighted by atomic mass is 10.2. The second kappa shape index (κ2) is 11.5. The van der Waals surface area contributed by atoms with Crippen LogP contribution in [0, 0.1) is 0 Å². The van der Waals surface area contributed by atoms with Gasteiger partial charge in [0, 0.05) is 31.3 Å². The molecule has 0 bridgehead atoms. The fraction of sp³-hybridized carbons (Fsp3) is 0.455. The molecule has 0 radical (unpaired) electrons. The number of rotatable bonds is 11. The van der Waals surface area contributed by atoms with Crippen LogP contribution in [0.25, 0.3) is 0 Å². The van der Waals surface area contributed by atoms with Gasteiger partial charge in [0.25, 0.3) is 0 Å². The van der Waals surface area contributed by atoms with Crippen molar-refractivity contribution in [2.75, 3.05) is 30.8 Å². The highest BCUT2D eigenvalue weighted by Gasteiger charge is 2.17. The second-order valence-electron chi connectivity index (χ2n) is 7.59. The first-order valence-electron chi connectivity index (χ1n) is 10.9. The highest BCUT2D eigenvalue weighted by Crippen LogP contribution is 2.24. The number of anilines is 2. The summed E-state index contributed by atoms with van der Waals surface area (Å²) in [7, 11) is 1.91. The molecule has 1 aromatic carbocycles. The Hall–Kier alpha value is -2.63. The number of benzene rings is 1. The monoisotopic (exact) mass is 488 g/mol. The smallest absolute Gasteiger partial charge is 0.230 e. The number of hydrogen-bond acceptors (Lipinski definition) is 9. The van der Waals surface area contributed by atoms with Gasteiger partial charge < -0.3 is 24.7 Å². The van der Waals surface area contributed by atoms with E-state index in [1.165, 1.54) is 11.8 Å². The Labute approximate surface area is 201 Å². The number of hydrogen-bond donors (Lipinski definition) is 2. The van der Waals surface area contributed by atoms with Crippen LogP contribution in [-0.2, 0) is 23.0 Å². The Kier molecular flexibility index (Phi) is 8.19. The van der Waals surface area contributed by atoms with E-state index in [0.717, 1.165) is 47.5 Å². The summed E-state index contributed by atoms with van der Waals surface area (Å²) in [5.41, 5.74) is 1.87. The molecule has 2 N–H and O–H groups in total. The van der Waals surface area contributed by atoms with Crippen molar-refractivity contribution < 1.29 is 14.3 Å². The van der Waals surface area contributed by atoms with Gasteiger partial charge in [-0.25, -0.2) is 4.98 Å².